The summed E-state index contributed by atoms with van der Waals surface area (Å²) in [4.78, 5) is 11.6. The molecule has 0 aromatic carbocycles. The summed E-state index contributed by atoms with van der Waals surface area (Å²) in [6.45, 7) is 3.76. The minimum absolute atomic E-state index is 0.163. The van der Waals surface area contributed by atoms with Gasteiger partial charge in [0, 0.05) is 17.3 Å². The number of rotatable bonds is 8. The number of methoxy groups -OCH3 is 1. The molecule has 0 fully saturated rings. The molecule has 108 valence electrons. The van der Waals surface area contributed by atoms with Crippen LogP contribution >= 0.6 is 11.8 Å². The van der Waals surface area contributed by atoms with Gasteiger partial charge in [-0.05, 0) is 20.4 Å². The van der Waals surface area contributed by atoms with E-state index < -0.39 is 15.4 Å². The van der Waals surface area contributed by atoms with E-state index >= 15 is 0 Å². The van der Waals surface area contributed by atoms with E-state index in [-0.39, 0.29) is 17.0 Å². The van der Waals surface area contributed by atoms with E-state index in [9.17, 15) is 13.2 Å². The smallest absolute Gasteiger partial charge is 0.325 e. The summed E-state index contributed by atoms with van der Waals surface area (Å²) in [6, 6.07) is 0. The van der Waals surface area contributed by atoms with E-state index in [4.69, 9.17) is 4.74 Å². The highest BCUT2D eigenvalue weighted by atomic mass is 32.2. The van der Waals surface area contributed by atoms with Crippen molar-refractivity contribution in [1.82, 2.24) is 5.32 Å². The molecule has 0 saturated carbocycles. The Bertz CT molecular complexity index is 369. The van der Waals surface area contributed by atoms with E-state index in [1.807, 2.05) is 6.92 Å². The van der Waals surface area contributed by atoms with Crippen LogP contribution in [-0.2, 0) is 19.4 Å². The highest BCUT2D eigenvalue weighted by Gasteiger charge is 2.34. The Morgan fingerprint density at radius 1 is 1.50 bits per heavy atom. The molecule has 0 spiro atoms. The first-order valence-corrected chi connectivity index (χ1v) is 8.82. The molecule has 0 aliphatic carbocycles. The molecule has 0 radical (unpaired) electrons. The highest BCUT2D eigenvalue weighted by Crippen LogP contribution is 2.22. The molecule has 0 saturated heterocycles. The van der Waals surface area contributed by atoms with Crippen LogP contribution in [0.4, 0.5) is 0 Å². The number of esters is 1. The van der Waals surface area contributed by atoms with Crippen LogP contribution in [0.3, 0.4) is 0 Å². The summed E-state index contributed by atoms with van der Waals surface area (Å²) < 4.78 is 26.8. The molecule has 2 unspecified atom stereocenters. The molecule has 18 heavy (non-hydrogen) atoms. The molecule has 0 bridgehead atoms. The minimum atomic E-state index is -2.92. The zero-order valence-electron chi connectivity index (χ0n) is 11.6. The first kappa shape index (κ1) is 17.7. The van der Waals surface area contributed by atoms with E-state index in [0.717, 1.165) is 0 Å². The predicted octanol–water partition coefficient (Wildman–Crippen LogP) is 0.694. The Labute approximate surface area is 114 Å². The number of hydrogen-bond acceptors (Lipinski definition) is 6. The Balaban J connectivity index is 4.28. The maximum Gasteiger partial charge on any atom is 0.325 e. The number of thioether (sulfide) groups is 1. The van der Waals surface area contributed by atoms with Gasteiger partial charge >= 0.3 is 5.97 Å². The Kier molecular flexibility index (Phi) is 7.24. The van der Waals surface area contributed by atoms with Gasteiger partial charge in [-0.25, -0.2) is 8.42 Å². The molecule has 2 atom stereocenters. The van der Waals surface area contributed by atoms with Crippen molar-refractivity contribution in [2.75, 3.05) is 31.9 Å². The number of carbonyl (C=O) groups is 1. The second-order valence-corrected chi connectivity index (χ2v) is 8.40. The third-order valence-corrected chi connectivity index (χ3v) is 5.12. The Morgan fingerprint density at radius 3 is 2.44 bits per heavy atom. The monoisotopic (exact) mass is 297 g/mol. The van der Waals surface area contributed by atoms with Gasteiger partial charge in [0.2, 0.25) is 0 Å². The lowest BCUT2D eigenvalue weighted by molar-refractivity contribution is -0.147. The van der Waals surface area contributed by atoms with Gasteiger partial charge in [0.1, 0.15) is 15.4 Å². The van der Waals surface area contributed by atoms with Gasteiger partial charge in [0.25, 0.3) is 0 Å². The average Bonchev–Trinajstić information content (AvgIpc) is 2.25. The van der Waals surface area contributed by atoms with Gasteiger partial charge in [-0.2, -0.15) is 11.8 Å². The molecule has 0 amide bonds. The molecular formula is C11H23NO4S2. The molecule has 0 heterocycles. The molecule has 0 aliphatic rings. The number of nitrogens with one attached hydrogen (secondary N) is 1. The summed E-state index contributed by atoms with van der Waals surface area (Å²) in [5.74, 6) is 0.401. The normalized spacial score (nSPS) is 16.9. The highest BCUT2D eigenvalue weighted by molar-refractivity contribution is 8.01. The number of sulfone groups is 1. The summed E-state index contributed by atoms with van der Waals surface area (Å²) >= 11 is 1.55. The van der Waals surface area contributed by atoms with E-state index in [1.165, 1.54) is 13.4 Å². The van der Waals surface area contributed by atoms with Crippen LogP contribution in [-0.4, -0.2) is 57.1 Å². The largest absolute Gasteiger partial charge is 0.468 e. The fourth-order valence-corrected chi connectivity index (χ4v) is 4.00. The molecule has 5 nitrogen and oxygen atoms in total. The average molecular weight is 297 g/mol. The van der Waals surface area contributed by atoms with Crippen molar-refractivity contribution in [3.05, 3.63) is 0 Å². The summed E-state index contributed by atoms with van der Waals surface area (Å²) in [7, 11) is 0.155. The summed E-state index contributed by atoms with van der Waals surface area (Å²) in [5, 5.41) is 3.13. The van der Waals surface area contributed by atoms with Crippen molar-refractivity contribution >= 4 is 27.6 Å². The molecule has 0 aliphatic heterocycles. The van der Waals surface area contributed by atoms with Crippen LogP contribution in [0.1, 0.15) is 20.3 Å². The van der Waals surface area contributed by atoms with E-state index in [1.54, 1.807) is 25.7 Å². The maximum absolute atomic E-state index is 11.6. The van der Waals surface area contributed by atoms with Crippen LogP contribution in [0.25, 0.3) is 0 Å². The standard InChI is InChI=1S/C11H23NO4S2/c1-9(17-6-7-18(5,14)15)8-11(2,12-3)10(13)16-4/h9,12H,6-8H2,1-5H3. The van der Waals surface area contributed by atoms with Crippen LogP contribution in [0, 0.1) is 0 Å². The zero-order chi connectivity index (χ0) is 14.4. The van der Waals surface area contributed by atoms with Crippen molar-refractivity contribution in [1.29, 1.82) is 0 Å². The maximum atomic E-state index is 11.6. The first-order valence-electron chi connectivity index (χ1n) is 5.71. The Morgan fingerprint density at radius 2 is 2.06 bits per heavy atom. The van der Waals surface area contributed by atoms with Crippen molar-refractivity contribution in [3.8, 4) is 0 Å². The Hall–Kier alpha value is -0.270. The third-order valence-electron chi connectivity index (χ3n) is 2.74. The number of hydrogen-bond donors (Lipinski definition) is 1. The quantitative estimate of drug-likeness (QED) is 0.665. The third kappa shape index (κ3) is 6.61. The lowest BCUT2D eigenvalue weighted by atomic mass is 9.96. The van der Waals surface area contributed by atoms with Crippen molar-refractivity contribution < 1.29 is 17.9 Å². The first-order chi connectivity index (χ1) is 8.14. The molecule has 0 aromatic rings. The van der Waals surface area contributed by atoms with Crippen molar-refractivity contribution in [2.45, 2.75) is 31.1 Å². The van der Waals surface area contributed by atoms with Gasteiger partial charge in [-0.1, -0.05) is 6.92 Å². The zero-order valence-corrected chi connectivity index (χ0v) is 13.3. The van der Waals surface area contributed by atoms with Gasteiger partial charge in [-0.15, -0.1) is 0 Å². The second kappa shape index (κ2) is 7.35. The number of carbonyl (C=O) groups excluding carboxylic acids is 1. The molecule has 1 N–H and O–H groups in total. The number of likely N-dealkylation sites (N-methyl/N-ethyl adjacent to an activating group) is 1. The second-order valence-electron chi connectivity index (χ2n) is 4.59. The van der Waals surface area contributed by atoms with Crippen LogP contribution in [0.15, 0.2) is 0 Å². The lowest BCUT2D eigenvalue weighted by Gasteiger charge is -2.28. The van der Waals surface area contributed by atoms with Crippen LogP contribution in [0.5, 0.6) is 0 Å². The molecule has 0 aromatic heterocycles. The van der Waals surface area contributed by atoms with Gasteiger partial charge in [0.05, 0.1) is 12.9 Å². The SMILES string of the molecule is CNC(C)(CC(C)SCCS(C)(=O)=O)C(=O)OC. The predicted molar refractivity (Wildman–Crippen MR) is 75.7 cm³/mol. The van der Waals surface area contributed by atoms with E-state index in [0.29, 0.717) is 12.2 Å². The molecular weight excluding hydrogens is 274 g/mol. The number of ether oxygens (including phenoxy) is 1. The van der Waals surface area contributed by atoms with E-state index in [2.05, 4.69) is 5.32 Å². The molecule has 0 rings (SSSR count). The van der Waals surface area contributed by atoms with Gasteiger partial charge in [0.15, 0.2) is 0 Å². The van der Waals surface area contributed by atoms with Gasteiger partial charge < -0.3 is 10.1 Å². The van der Waals surface area contributed by atoms with Crippen LogP contribution in [0.2, 0.25) is 0 Å². The minimum Gasteiger partial charge on any atom is -0.468 e. The van der Waals surface area contributed by atoms with Crippen LogP contribution < -0.4 is 5.32 Å². The topological polar surface area (TPSA) is 72.5 Å². The lowest BCUT2D eigenvalue weighted by Crippen LogP contribution is -2.49. The fourth-order valence-electron chi connectivity index (χ4n) is 1.55. The summed E-state index contributed by atoms with van der Waals surface area (Å²) in [6.07, 6.45) is 1.81. The van der Waals surface area contributed by atoms with Crippen molar-refractivity contribution in [3.63, 3.8) is 0 Å². The summed E-state index contributed by atoms with van der Waals surface area (Å²) in [5.41, 5.74) is -0.730. The fraction of sp³-hybridized carbons (Fsp3) is 0.909. The molecule has 7 heteroatoms. The van der Waals surface area contributed by atoms with Gasteiger partial charge in [-0.3, -0.25) is 4.79 Å². The van der Waals surface area contributed by atoms with Crippen molar-refractivity contribution in [2.24, 2.45) is 0 Å².